The second-order valence-electron chi connectivity index (χ2n) is 7.37. The molecule has 0 unspecified atom stereocenters. The minimum Gasteiger partial charge on any atom is -0.493 e. The third kappa shape index (κ3) is 3.66. The minimum atomic E-state index is -0.491. The van der Waals surface area contributed by atoms with Gasteiger partial charge in [-0.25, -0.2) is 9.79 Å². The van der Waals surface area contributed by atoms with E-state index in [-0.39, 0.29) is 17.6 Å². The standard InChI is InChI=1S/C20H20N8O2/c1-11-2-4-12(5-3-11)9-21-18-25-16-13(8-15-17(29)26-20(30)24-15)10-22-28(16)19(27-18)23-14-6-7-14/h2-5,8,10,14,29H,6-7,9H2,1H3,(H,21,23,27)(H2,24,26,30)/b13-8+. The molecule has 0 spiro atoms. The van der Waals surface area contributed by atoms with E-state index in [1.165, 1.54) is 5.56 Å². The zero-order chi connectivity index (χ0) is 20.7. The van der Waals surface area contributed by atoms with Crippen LogP contribution < -0.4 is 21.8 Å². The Morgan fingerprint density at radius 2 is 2.07 bits per heavy atom. The lowest BCUT2D eigenvalue weighted by atomic mass is 10.1. The van der Waals surface area contributed by atoms with E-state index in [1.807, 2.05) is 6.92 Å². The largest absolute Gasteiger partial charge is 0.493 e. The highest BCUT2D eigenvalue weighted by Gasteiger charge is 2.21. The van der Waals surface area contributed by atoms with Crippen molar-refractivity contribution < 1.29 is 5.11 Å². The van der Waals surface area contributed by atoms with E-state index < -0.39 is 5.69 Å². The molecule has 1 aliphatic rings. The number of rotatable bonds is 5. The van der Waals surface area contributed by atoms with Crippen molar-refractivity contribution in [2.45, 2.75) is 32.4 Å². The molecular formula is C20H20N8O2. The SMILES string of the molecule is Cc1ccc(CNc2nc(=NC3CC3)n3nc/c(=C\c4[nH]c(=O)[nH]c4O)c3n2)cc1. The third-order valence-corrected chi connectivity index (χ3v) is 4.83. The first-order chi connectivity index (χ1) is 14.5. The van der Waals surface area contributed by atoms with Gasteiger partial charge in [0.1, 0.15) is 5.69 Å². The van der Waals surface area contributed by atoms with Crippen molar-refractivity contribution >= 4 is 17.7 Å². The van der Waals surface area contributed by atoms with Crippen LogP contribution in [0, 0.1) is 6.92 Å². The van der Waals surface area contributed by atoms with Crippen molar-refractivity contribution in [3.05, 3.63) is 68.6 Å². The van der Waals surface area contributed by atoms with Gasteiger partial charge in [0.15, 0.2) is 5.65 Å². The predicted octanol–water partition coefficient (Wildman–Crippen LogP) is 0.378. The normalized spacial score (nSPS) is 15.2. The van der Waals surface area contributed by atoms with Crippen LogP contribution in [0.5, 0.6) is 5.88 Å². The monoisotopic (exact) mass is 404 g/mol. The van der Waals surface area contributed by atoms with Gasteiger partial charge in [0.05, 0.1) is 12.2 Å². The Kier molecular flexibility index (Phi) is 4.31. The van der Waals surface area contributed by atoms with Crippen LogP contribution in [-0.4, -0.2) is 40.7 Å². The van der Waals surface area contributed by atoms with Crippen LogP contribution in [0.25, 0.3) is 11.7 Å². The number of hydrogen-bond acceptors (Lipinski definition) is 7. The number of aromatic amines is 2. The predicted molar refractivity (Wildman–Crippen MR) is 110 cm³/mol. The van der Waals surface area contributed by atoms with Crippen LogP contribution in [0.1, 0.15) is 29.7 Å². The summed E-state index contributed by atoms with van der Waals surface area (Å²) >= 11 is 0. The molecule has 1 saturated carbocycles. The molecule has 4 N–H and O–H groups in total. The van der Waals surface area contributed by atoms with Gasteiger partial charge in [0.2, 0.25) is 11.8 Å². The second-order valence-corrected chi connectivity index (χ2v) is 7.37. The van der Waals surface area contributed by atoms with Crippen molar-refractivity contribution in [2.75, 3.05) is 5.32 Å². The van der Waals surface area contributed by atoms with E-state index >= 15 is 0 Å². The van der Waals surface area contributed by atoms with Crippen molar-refractivity contribution in [3.8, 4) is 5.88 Å². The molecule has 0 atom stereocenters. The van der Waals surface area contributed by atoms with Gasteiger partial charge in [-0.05, 0) is 31.4 Å². The fourth-order valence-electron chi connectivity index (χ4n) is 3.05. The Bertz CT molecular complexity index is 1390. The lowest BCUT2D eigenvalue weighted by molar-refractivity contribution is 0.454. The first-order valence-corrected chi connectivity index (χ1v) is 9.67. The van der Waals surface area contributed by atoms with Crippen molar-refractivity contribution in [2.24, 2.45) is 4.99 Å². The van der Waals surface area contributed by atoms with Crippen LogP contribution in [0.3, 0.4) is 0 Å². The molecule has 10 nitrogen and oxygen atoms in total. The molecule has 5 rings (SSSR count). The lowest BCUT2D eigenvalue weighted by Crippen LogP contribution is -2.24. The summed E-state index contributed by atoms with van der Waals surface area (Å²) in [7, 11) is 0. The number of hydrogen-bond donors (Lipinski definition) is 4. The van der Waals surface area contributed by atoms with Gasteiger partial charge in [-0.1, -0.05) is 29.8 Å². The number of benzene rings is 1. The maximum absolute atomic E-state index is 11.4. The number of nitrogens with one attached hydrogen (secondary N) is 3. The number of fused-ring (bicyclic) bond motifs is 1. The van der Waals surface area contributed by atoms with E-state index in [2.05, 4.69) is 59.6 Å². The summed E-state index contributed by atoms with van der Waals surface area (Å²) in [6, 6.07) is 8.49. The van der Waals surface area contributed by atoms with Gasteiger partial charge < -0.3 is 15.4 Å². The van der Waals surface area contributed by atoms with Crippen LogP contribution in [-0.2, 0) is 6.54 Å². The Balaban J connectivity index is 1.58. The molecule has 4 aromatic rings. The molecule has 1 fully saturated rings. The number of aryl methyl sites for hydroxylation is 1. The maximum Gasteiger partial charge on any atom is 0.326 e. The van der Waals surface area contributed by atoms with Gasteiger partial charge in [0, 0.05) is 11.8 Å². The zero-order valence-corrected chi connectivity index (χ0v) is 16.3. The highest BCUT2D eigenvalue weighted by Crippen LogP contribution is 2.22. The highest BCUT2D eigenvalue weighted by atomic mass is 16.3. The molecule has 0 aliphatic heterocycles. The van der Waals surface area contributed by atoms with Gasteiger partial charge in [-0.3, -0.25) is 4.98 Å². The summed E-state index contributed by atoms with van der Waals surface area (Å²) in [5, 5.41) is 18.1. The number of H-pyrrole nitrogens is 2. The van der Waals surface area contributed by atoms with Gasteiger partial charge >= 0.3 is 5.69 Å². The molecule has 1 aromatic carbocycles. The Hall–Kier alpha value is -3.95. The summed E-state index contributed by atoms with van der Waals surface area (Å²) in [4.78, 5) is 30.0. The fraction of sp³-hybridized carbons (Fsp3) is 0.250. The number of aromatic nitrogens is 6. The van der Waals surface area contributed by atoms with E-state index in [0.717, 1.165) is 18.4 Å². The molecular weight excluding hydrogens is 384 g/mol. The molecule has 0 amide bonds. The summed E-state index contributed by atoms with van der Waals surface area (Å²) in [6.45, 7) is 2.62. The fourth-order valence-corrected chi connectivity index (χ4v) is 3.05. The Morgan fingerprint density at radius 1 is 1.27 bits per heavy atom. The van der Waals surface area contributed by atoms with Crippen molar-refractivity contribution in [1.82, 2.24) is 29.5 Å². The average Bonchev–Trinajstić information content (AvgIpc) is 3.36. The van der Waals surface area contributed by atoms with Crippen molar-refractivity contribution in [3.63, 3.8) is 0 Å². The summed E-state index contributed by atoms with van der Waals surface area (Å²) < 4.78 is 1.57. The highest BCUT2D eigenvalue weighted by molar-refractivity contribution is 5.57. The Labute approximate surface area is 170 Å². The average molecular weight is 404 g/mol. The summed E-state index contributed by atoms with van der Waals surface area (Å²) in [5.41, 5.74) is 3.07. The quantitative estimate of drug-likeness (QED) is 0.380. The lowest BCUT2D eigenvalue weighted by Gasteiger charge is -2.06. The minimum absolute atomic E-state index is 0.242. The first-order valence-electron chi connectivity index (χ1n) is 9.67. The smallest absolute Gasteiger partial charge is 0.326 e. The topological polar surface area (TPSA) is 136 Å². The molecule has 30 heavy (non-hydrogen) atoms. The summed E-state index contributed by atoms with van der Waals surface area (Å²) in [6.07, 6.45) is 5.28. The zero-order valence-electron chi connectivity index (χ0n) is 16.3. The van der Waals surface area contributed by atoms with E-state index in [4.69, 9.17) is 0 Å². The third-order valence-electron chi connectivity index (χ3n) is 4.83. The molecule has 3 heterocycles. The molecule has 0 radical (unpaired) electrons. The van der Waals surface area contributed by atoms with Crippen LogP contribution >= 0.6 is 0 Å². The van der Waals surface area contributed by atoms with Crippen molar-refractivity contribution in [1.29, 1.82) is 0 Å². The molecule has 10 heteroatoms. The van der Waals surface area contributed by atoms with Crippen LogP contribution in [0.4, 0.5) is 5.95 Å². The first kappa shape index (κ1) is 18.1. The van der Waals surface area contributed by atoms with E-state index in [1.54, 1.807) is 16.8 Å². The summed E-state index contributed by atoms with van der Waals surface area (Å²) in [5.74, 6) is 0.193. The number of imidazole rings is 1. The number of nitrogens with zero attached hydrogens (tertiary/aromatic N) is 5. The van der Waals surface area contributed by atoms with Crippen LogP contribution in [0.15, 0.2) is 40.2 Å². The second kappa shape index (κ2) is 7.14. The Morgan fingerprint density at radius 3 is 2.77 bits per heavy atom. The van der Waals surface area contributed by atoms with Gasteiger partial charge in [-0.15, -0.1) is 0 Å². The van der Waals surface area contributed by atoms with E-state index in [0.29, 0.717) is 29.0 Å². The van der Waals surface area contributed by atoms with Crippen LogP contribution in [0.2, 0.25) is 0 Å². The number of aromatic hydroxyl groups is 1. The molecule has 0 saturated heterocycles. The molecule has 0 bridgehead atoms. The molecule has 3 aromatic heterocycles. The van der Waals surface area contributed by atoms with E-state index in [9.17, 15) is 9.90 Å². The molecule has 152 valence electrons. The maximum atomic E-state index is 11.4. The van der Waals surface area contributed by atoms with Gasteiger partial charge in [-0.2, -0.15) is 19.6 Å². The van der Waals surface area contributed by atoms with Gasteiger partial charge in [0.25, 0.3) is 5.62 Å². The molecule has 1 aliphatic carbocycles. The number of anilines is 1.